The van der Waals surface area contributed by atoms with Crippen molar-refractivity contribution >= 4 is 23.4 Å². The molecule has 0 unspecified atom stereocenters. The quantitative estimate of drug-likeness (QED) is 0.364. The summed E-state index contributed by atoms with van der Waals surface area (Å²) in [5.41, 5.74) is 1.04. The normalized spacial score (nSPS) is 15.1. The zero-order valence-electron chi connectivity index (χ0n) is 20.4. The molecule has 190 valence electrons. The third-order valence-corrected chi connectivity index (χ3v) is 6.71. The maximum atomic E-state index is 14.9. The lowest BCUT2D eigenvalue weighted by atomic mass is 10.0. The van der Waals surface area contributed by atoms with Gasteiger partial charge in [-0.2, -0.15) is 0 Å². The molecule has 35 heavy (non-hydrogen) atoms. The minimum Gasteiger partial charge on any atom is -0.493 e. The first-order valence-electron chi connectivity index (χ1n) is 12.1. The molecule has 6 nitrogen and oxygen atoms in total. The molecule has 0 saturated heterocycles. The van der Waals surface area contributed by atoms with Crippen molar-refractivity contribution in [3.63, 3.8) is 0 Å². The topological polar surface area (TPSA) is 67.9 Å². The monoisotopic (exact) mass is 504 g/mol. The van der Waals surface area contributed by atoms with Gasteiger partial charge in [0.15, 0.2) is 11.5 Å². The second kappa shape index (κ2) is 13.3. The lowest BCUT2D eigenvalue weighted by molar-refractivity contribution is -0.139. The average molecular weight is 505 g/mol. The number of carbonyl (C=O) groups is 2. The van der Waals surface area contributed by atoms with Crippen molar-refractivity contribution in [3.8, 4) is 11.5 Å². The van der Waals surface area contributed by atoms with E-state index in [1.807, 2.05) is 12.1 Å². The van der Waals surface area contributed by atoms with E-state index in [4.69, 9.17) is 21.1 Å². The SMILES string of the molecule is COc1ccc(CCN(C(=O)CCl)[C@@H](C(=O)NC2CCCCCC2)c2ccccc2F)cc1OC. The van der Waals surface area contributed by atoms with Crippen LogP contribution in [0, 0.1) is 5.82 Å². The highest BCUT2D eigenvalue weighted by molar-refractivity contribution is 6.27. The Bertz CT molecular complexity index is 995. The van der Waals surface area contributed by atoms with Gasteiger partial charge in [0, 0.05) is 18.2 Å². The Labute approximate surface area is 211 Å². The van der Waals surface area contributed by atoms with Crippen LogP contribution in [0.4, 0.5) is 4.39 Å². The summed E-state index contributed by atoms with van der Waals surface area (Å²) in [5.74, 6) is -0.502. The van der Waals surface area contributed by atoms with Gasteiger partial charge in [0.05, 0.1) is 14.2 Å². The molecule has 0 radical (unpaired) electrons. The molecule has 0 aromatic heterocycles. The lowest BCUT2D eigenvalue weighted by Gasteiger charge is -2.32. The number of amides is 2. The molecule has 2 aromatic rings. The fourth-order valence-corrected chi connectivity index (χ4v) is 4.77. The van der Waals surface area contributed by atoms with E-state index in [9.17, 15) is 14.0 Å². The molecule has 1 saturated carbocycles. The maximum absolute atomic E-state index is 14.9. The Morgan fingerprint density at radius 1 is 1.06 bits per heavy atom. The van der Waals surface area contributed by atoms with Gasteiger partial charge in [-0.15, -0.1) is 11.6 Å². The molecule has 1 aliphatic rings. The molecule has 8 heteroatoms. The van der Waals surface area contributed by atoms with Crippen LogP contribution in [0.15, 0.2) is 42.5 Å². The van der Waals surface area contributed by atoms with E-state index < -0.39 is 17.8 Å². The van der Waals surface area contributed by atoms with Crippen molar-refractivity contribution in [2.45, 2.75) is 57.0 Å². The predicted octanol–water partition coefficient (Wildman–Crippen LogP) is 5.03. The average Bonchev–Trinajstić information content (AvgIpc) is 3.15. The molecule has 2 amide bonds. The van der Waals surface area contributed by atoms with Crippen molar-refractivity contribution in [2.75, 3.05) is 26.6 Å². The fourth-order valence-electron chi connectivity index (χ4n) is 4.61. The van der Waals surface area contributed by atoms with Gasteiger partial charge in [-0.3, -0.25) is 9.59 Å². The van der Waals surface area contributed by atoms with Crippen LogP contribution in [-0.2, 0) is 16.0 Å². The molecule has 1 N–H and O–H groups in total. The van der Waals surface area contributed by atoms with Crippen molar-refractivity contribution in [2.24, 2.45) is 0 Å². The van der Waals surface area contributed by atoms with Gasteiger partial charge < -0.3 is 19.7 Å². The summed E-state index contributed by atoms with van der Waals surface area (Å²) in [7, 11) is 3.11. The Hall–Kier alpha value is -2.80. The molecular weight excluding hydrogens is 471 g/mol. The highest BCUT2D eigenvalue weighted by Crippen LogP contribution is 2.29. The molecule has 1 aliphatic carbocycles. The van der Waals surface area contributed by atoms with Gasteiger partial charge in [-0.1, -0.05) is 49.9 Å². The third-order valence-electron chi connectivity index (χ3n) is 6.49. The summed E-state index contributed by atoms with van der Waals surface area (Å²) in [6.45, 7) is 0.179. The first-order chi connectivity index (χ1) is 17.0. The molecular formula is C27H34ClFN2O4. The number of rotatable bonds is 10. The zero-order valence-corrected chi connectivity index (χ0v) is 21.2. The predicted molar refractivity (Wildman–Crippen MR) is 134 cm³/mol. The first kappa shape index (κ1) is 26.8. The van der Waals surface area contributed by atoms with Crippen LogP contribution >= 0.6 is 11.6 Å². The van der Waals surface area contributed by atoms with Gasteiger partial charge in [0.25, 0.3) is 0 Å². The number of methoxy groups -OCH3 is 2. The number of benzene rings is 2. The number of alkyl halides is 1. The van der Waals surface area contributed by atoms with Gasteiger partial charge in [-0.05, 0) is 43.0 Å². The number of ether oxygens (including phenoxy) is 2. The number of nitrogens with zero attached hydrogens (tertiary/aromatic N) is 1. The number of halogens is 2. The molecule has 0 aliphatic heterocycles. The van der Waals surface area contributed by atoms with Gasteiger partial charge in [-0.25, -0.2) is 4.39 Å². The summed E-state index contributed by atoms with van der Waals surface area (Å²) >= 11 is 5.95. The van der Waals surface area contributed by atoms with Crippen LogP contribution in [0.2, 0.25) is 0 Å². The molecule has 3 rings (SSSR count). The van der Waals surface area contributed by atoms with Crippen LogP contribution in [0.5, 0.6) is 11.5 Å². The first-order valence-corrected chi connectivity index (χ1v) is 12.6. The van der Waals surface area contributed by atoms with Gasteiger partial charge in [0.2, 0.25) is 11.8 Å². The van der Waals surface area contributed by atoms with Crippen molar-refractivity contribution < 1.29 is 23.5 Å². The summed E-state index contributed by atoms with van der Waals surface area (Å²) in [6.07, 6.45) is 6.55. The lowest BCUT2D eigenvalue weighted by Crippen LogP contribution is -2.48. The van der Waals surface area contributed by atoms with Crippen molar-refractivity contribution in [1.29, 1.82) is 0 Å². The maximum Gasteiger partial charge on any atom is 0.247 e. The summed E-state index contributed by atoms with van der Waals surface area (Å²) in [5, 5.41) is 3.10. The van der Waals surface area contributed by atoms with Crippen LogP contribution in [0.25, 0.3) is 0 Å². The fraction of sp³-hybridized carbons (Fsp3) is 0.481. The van der Waals surface area contributed by atoms with E-state index in [1.54, 1.807) is 38.5 Å². The Morgan fingerprint density at radius 3 is 2.37 bits per heavy atom. The Balaban J connectivity index is 1.89. The van der Waals surface area contributed by atoms with E-state index in [-0.39, 0.29) is 29.9 Å². The van der Waals surface area contributed by atoms with Gasteiger partial charge >= 0.3 is 0 Å². The third kappa shape index (κ3) is 7.10. The van der Waals surface area contributed by atoms with E-state index in [2.05, 4.69) is 5.32 Å². The number of carbonyl (C=O) groups excluding carboxylic acids is 2. The molecule has 0 bridgehead atoms. The van der Waals surface area contributed by atoms with E-state index in [0.29, 0.717) is 17.9 Å². The molecule has 1 atom stereocenters. The number of hydrogen-bond acceptors (Lipinski definition) is 4. The van der Waals surface area contributed by atoms with Crippen LogP contribution in [0.1, 0.15) is 55.7 Å². The Kier molecular flexibility index (Phi) is 10.2. The Morgan fingerprint density at radius 2 is 1.74 bits per heavy atom. The van der Waals surface area contributed by atoms with Gasteiger partial charge in [0.1, 0.15) is 17.7 Å². The highest BCUT2D eigenvalue weighted by Gasteiger charge is 2.34. The van der Waals surface area contributed by atoms with Crippen molar-refractivity contribution in [1.82, 2.24) is 10.2 Å². The smallest absolute Gasteiger partial charge is 0.247 e. The van der Waals surface area contributed by atoms with E-state index >= 15 is 0 Å². The highest BCUT2D eigenvalue weighted by atomic mass is 35.5. The second-order valence-corrected chi connectivity index (χ2v) is 9.05. The molecule has 2 aromatic carbocycles. The summed E-state index contributed by atoms with van der Waals surface area (Å²) < 4.78 is 25.6. The van der Waals surface area contributed by atoms with Crippen LogP contribution in [-0.4, -0.2) is 49.4 Å². The van der Waals surface area contributed by atoms with Crippen LogP contribution < -0.4 is 14.8 Å². The minimum absolute atomic E-state index is 0.0121. The second-order valence-electron chi connectivity index (χ2n) is 8.78. The van der Waals surface area contributed by atoms with Crippen LogP contribution in [0.3, 0.4) is 0 Å². The molecule has 0 spiro atoms. The van der Waals surface area contributed by atoms with E-state index in [1.165, 1.54) is 11.0 Å². The summed E-state index contributed by atoms with van der Waals surface area (Å²) in [4.78, 5) is 27.9. The van der Waals surface area contributed by atoms with Crippen molar-refractivity contribution in [3.05, 3.63) is 59.4 Å². The number of hydrogen-bond donors (Lipinski definition) is 1. The molecule has 0 heterocycles. The minimum atomic E-state index is -1.12. The summed E-state index contributed by atoms with van der Waals surface area (Å²) in [6, 6.07) is 10.5. The van der Waals surface area contributed by atoms with E-state index in [0.717, 1.165) is 44.1 Å². The number of nitrogens with one attached hydrogen (secondary N) is 1. The zero-order chi connectivity index (χ0) is 25.2. The standard InChI is InChI=1S/C27H34ClFN2O4/c1-34-23-14-13-19(17-24(23)35-2)15-16-31(25(32)18-28)26(21-11-7-8-12-22(21)29)27(33)30-20-9-5-3-4-6-10-20/h7-8,11-14,17,20,26H,3-6,9-10,15-16,18H2,1-2H3,(H,30,33)/t26-/m1/s1. The largest absolute Gasteiger partial charge is 0.493 e. The molecule has 1 fully saturated rings.